The van der Waals surface area contributed by atoms with Crippen molar-refractivity contribution in [3.8, 4) is 0 Å². The molecule has 1 aromatic rings. The van der Waals surface area contributed by atoms with E-state index in [1.54, 1.807) is 24.8 Å². The highest BCUT2D eigenvalue weighted by molar-refractivity contribution is 7.80. The Kier molecular flexibility index (Phi) is 3.47. The zero-order valence-electron chi connectivity index (χ0n) is 11.1. The van der Waals surface area contributed by atoms with Crippen LogP contribution in [-0.2, 0) is 9.59 Å². The van der Waals surface area contributed by atoms with Crippen molar-refractivity contribution in [2.75, 3.05) is 11.4 Å². The first-order valence-corrected chi connectivity index (χ1v) is 6.35. The summed E-state index contributed by atoms with van der Waals surface area (Å²) >= 11 is 4.74. The number of rotatable bonds is 2. The van der Waals surface area contributed by atoms with E-state index in [1.165, 1.54) is 12.1 Å². The van der Waals surface area contributed by atoms with Crippen LogP contribution in [0.2, 0.25) is 0 Å². The third-order valence-electron chi connectivity index (χ3n) is 3.31. The molecule has 1 aliphatic heterocycles. The van der Waals surface area contributed by atoms with Gasteiger partial charge in [-0.05, 0) is 32.0 Å². The first kappa shape index (κ1) is 14.4. The molecule has 0 radical (unpaired) electrons. The quantitative estimate of drug-likeness (QED) is 0.620. The second-order valence-corrected chi connectivity index (χ2v) is 5.49. The Morgan fingerprint density at radius 3 is 2.65 bits per heavy atom. The highest BCUT2D eigenvalue weighted by Crippen LogP contribution is 2.27. The lowest BCUT2D eigenvalue weighted by molar-refractivity contribution is -0.135. The Morgan fingerprint density at radius 2 is 2.10 bits per heavy atom. The van der Waals surface area contributed by atoms with Crippen molar-refractivity contribution >= 4 is 34.7 Å². The van der Waals surface area contributed by atoms with Crippen molar-refractivity contribution in [3.63, 3.8) is 0 Å². The fraction of sp³-hybridized carbons (Fsp3) is 0.308. The number of hydrogen-bond donors (Lipinski definition) is 2. The highest BCUT2D eigenvalue weighted by Gasteiger charge is 2.41. The number of carbonyl (C=O) groups excluding carboxylic acids is 2. The summed E-state index contributed by atoms with van der Waals surface area (Å²) in [6.45, 7) is 3.30. The molecule has 3 N–H and O–H groups in total. The summed E-state index contributed by atoms with van der Waals surface area (Å²) < 4.78 is 13.9. The minimum Gasteiger partial charge on any atom is -0.389 e. The Bertz CT molecular complexity index is 616. The number of halogens is 1. The van der Waals surface area contributed by atoms with E-state index >= 15 is 0 Å². The normalized spacial score (nSPS) is 17.9. The van der Waals surface area contributed by atoms with Crippen LogP contribution in [0.4, 0.5) is 10.1 Å². The van der Waals surface area contributed by atoms with Crippen molar-refractivity contribution < 1.29 is 14.0 Å². The van der Waals surface area contributed by atoms with Crippen LogP contribution in [0.5, 0.6) is 0 Å². The summed E-state index contributed by atoms with van der Waals surface area (Å²) in [7, 11) is 0. The molecule has 5 nitrogen and oxygen atoms in total. The molecule has 0 saturated carbocycles. The molecule has 106 valence electrons. The molecule has 0 bridgehead atoms. The van der Waals surface area contributed by atoms with Gasteiger partial charge in [0.2, 0.25) is 5.91 Å². The molecule has 2 rings (SSSR count). The minimum absolute atomic E-state index is 0.0232. The van der Waals surface area contributed by atoms with Gasteiger partial charge in [0.05, 0.1) is 6.54 Å². The van der Waals surface area contributed by atoms with Gasteiger partial charge in [-0.3, -0.25) is 14.9 Å². The summed E-state index contributed by atoms with van der Waals surface area (Å²) in [6.07, 6.45) is 0. The van der Waals surface area contributed by atoms with Crippen LogP contribution >= 0.6 is 12.2 Å². The van der Waals surface area contributed by atoms with E-state index in [0.717, 1.165) is 0 Å². The van der Waals surface area contributed by atoms with Gasteiger partial charge in [-0.15, -0.1) is 0 Å². The summed E-state index contributed by atoms with van der Waals surface area (Å²) in [5.74, 6) is -1.43. The summed E-state index contributed by atoms with van der Waals surface area (Å²) in [6, 6.07) is 4.26. The standard InChI is InChI=1S/C13H14FN3O2S/c1-13(2)12(19)16-10(18)6-17(13)7-3-4-8(11(15)20)9(14)5-7/h3-5H,6H2,1-2H3,(H2,15,20)(H,16,18,19). The van der Waals surface area contributed by atoms with Crippen LogP contribution in [0.15, 0.2) is 18.2 Å². The predicted molar refractivity (Wildman–Crippen MR) is 76.9 cm³/mol. The van der Waals surface area contributed by atoms with Gasteiger partial charge in [0, 0.05) is 11.3 Å². The SMILES string of the molecule is CC1(C)C(=O)NC(=O)CN1c1ccc(C(N)=S)c(F)c1. The number of hydrogen-bond acceptors (Lipinski definition) is 4. The van der Waals surface area contributed by atoms with E-state index in [2.05, 4.69) is 5.32 Å². The van der Waals surface area contributed by atoms with Crippen molar-refractivity contribution in [3.05, 3.63) is 29.6 Å². The largest absolute Gasteiger partial charge is 0.389 e. The third-order valence-corrected chi connectivity index (χ3v) is 3.53. The summed E-state index contributed by atoms with van der Waals surface area (Å²) in [5, 5.41) is 2.26. The zero-order valence-corrected chi connectivity index (χ0v) is 11.9. The molecule has 0 aliphatic carbocycles. The Labute approximate surface area is 120 Å². The number of imide groups is 1. The number of benzene rings is 1. The van der Waals surface area contributed by atoms with Crippen LogP contribution in [0, 0.1) is 5.82 Å². The average molecular weight is 295 g/mol. The molecule has 0 spiro atoms. The second-order valence-electron chi connectivity index (χ2n) is 5.05. The molecule has 1 heterocycles. The van der Waals surface area contributed by atoms with Crippen LogP contribution in [0.3, 0.4) is 0 Å². The fourth-order valence-corrected chi connectivity index (χ4v) is 2.23. The number of thiocarbonyl (C=S) groups is 1. The number of piperazine rings is 1. The molecule has 20 heavy (non-hydrogen) atoms. The van der Waals surface area contributed by atoms with Crippen LogP contribution in [0.1, 0.15) is 19.4 Å². The molecular weight excluding hydrogens is 281 g/mol. The highest BCUT2D eigenvalue weighted by atomic mass is 32.1. The Hall–Kier alpha value is -2.02. The molecule has 2 amide bonds. The number of amides is 2. The Morgan fingerprint density at radius 1 is 1.45 bits per heavy atom. The molecule has 1 saturated heterocycles. The van der Waals surface area contributed by atoms with Crippen LogP contribution in [-0.4, -0.2) is 28.9 Å². The molecule has 1 aliphatic rings. The average Bonchev–Trinajstić information content (AvgIpc) is 2.33. The minimum atomic E-state index is -0.953. The van der Waals surface area contributed by atoms with Crippen molar-refractivity contribution in [2.45, 2.75) is 19.4 Å². The lowest BCUT2D eigenvalue weighted by atomic mass is 9.97. The number of nitrogens with zero attached hydrogens (tertiary/aromatic N) is 1. The molecule has 0 atom stereocenters. The van der Waals surface area contributed by atoms with E-state index < -0.39 is 23.2 Å². The van der Waals surface area contributed by atoms with E-state index in [9.17, 15) is 14.0 Å². The smallest absolute Gasteiger partial charge is 0.251 e. The van der Waals surface area contributed by atoms with E-state index in [4.69, 9.17) is 18.0 Å². The van der Waals surface area contributed by atoms with Gasteiger partial charge in [0.1, 0.15) is 16.3 Å². The topological polar surface area (TPSA) is 75.4 Å². The van der Waals surface area contributed by atoms with Crippen LogP contribution in [0.25, 0.3) is 0 Å². The Balaban J connectivity index is 2.44. The van der Waals surface area contributed by atoms with E-state index in [0.29, 0.717) is 5.69 Å². The van der Waals surface area contributed by atoms with Crippen LogP contribution < -0.4 is 16.0 Å². The number of anilines is 1. The lowest BCUT2D eigenvalue weighted by Crippen LogP contribution is -2.64. The monoisotopic (exact) mass is 295 g/mol. The zero-order chi connectivity index (χ0) is 15.1. The summed E-state index contributed by atoms with van der Waals surface area (Å²) in [5.41, 5.74) is 5.01. The molecule has 0 unspecified atom stereocenters. The van der Waals surface area contributed by atoms with Gasteiger partial charge < -0.3 is 10.6 Å². The van der Waals surface area contributed by atoms with Gasteiger partial charge in [-0.2, -0.15) is 0 Å². The van der Waals surface area contributed by atoms with Gasteiger partial charge in [-0.25, -0.2) is 4.39 Å². The predicted octanol–water partition coefficient (Wildman–Crippen LogP) is 0.701. The van der Waals surface area contributed by atoms with Crippen molar-refractivity contribution in [1.29, 1.82) is 0 Å². The number of nitrogens with one attached hydrogen (secondary N) is 1. The molecule has 0 aromatic heterocycles. The van der Waals surface area contributed by atoms with Gasteiger partial charge in [0.15, 0.2) is 0 Å². The first-order valence-electron chi connectivity index (χ1n) is 5.95. The van der Waals surface area contributed by atoms with E-state index in [1.807, 2.05) is 0 Å². The second kappa shape index (κ2) is 4.82. The molecular formula is C13H14FN3O2S. The summed E-state index contributed by atoms with van der Waals surface area (Å²) in [4.78, 5) is 24.9. The lowest BCUT2D eigenvalue weighted by Gasteiger charge is -2.41. The third kappa shape index (κ3) is 2.36. The van der Waals surface area contributed by atoms with Crippen molar-refractivity contribution in [2.24, 2.45) is 5.73 Å². The van der Waals surface area contributed by atoms with E-state index in [-0.39, 0.29) is 17.1 Å². The maximum absolute atomic E-state index is 13.9. The molecule has 1 aromatic carbocycles. The maximum Gasteiger partial charge on any atom is 0.251 e. The molecule has 7 heteroatoms. The first-order chi connectivity index (χ1) is 9.23. The fourth-order valence-electron chi connectivity index (χ4n) is 2.07. The van der Waals surface area contributed by atoms with Crippen molar-refractivity contribution in [1.82, 2.24) is 5.32 Å². The van der Waals surface area contributed by atoms with Gasteiger partial charge in [0.25, 0.3) is 5.91 Å². The number of nitrogens with two attached hydrogens (primary N) is 1. The molecule has 1 fully saturated rings. The van der Waals surface area contributed by atoms with Gasteiger partial charge in [-0.1, -0.05) is 12.2 Å². The maximum atomic E-state index is 13.9. The van der Waals surface area contributed by atoms with Gasteiger partial charge >= 0.3 is 0 Å². The number of carbonyl (C=O) groups is 2.